The van der Waals surface area contributed by atoms with Crippen LogP contribution in [0.2, 0.25) is 0 Å². The van der Waals surface area contributed by atoms with Gasteiger partial charge in [-0.1, -0.05) is 54.6 Å². The van der Waals surface area contributed by atoms with Crippen molar-refractivity contribution in [2.24, 2.45) is 0 Å². The van der Waals surface area contributed by atoms with Crippen molar-refractivity contribution in [3.63, 3.8) is 0 Å². The number of carbonyl (C=O) groups excluding carboxylic acids is 2. The zero-order valence-corrected chi connectivity index (χ0v) is 11.4. The molecule has 0 unspecified atom stereocenters. The number of rotatable bonds is 3. The van der Waals surface area contributed by atoms with Crippen molar-refractivity contribution in [1.29, 1.82) is 0 Å². The molecule has 0 radical (unpaired) electrons. The number of hydrogen-bond donors (Lipinski definition) is 1. The number of ketones is 2. The van der Waals surface area contributed by atoms with Crippen LogP contribution >= 0.6 is 0 Å². The molecular weight excluding hydrogens is 264 g/mol. The molecule has 0 bridgehead atoms. The van der Waals surface area contributed by atoms with Gasteiger partial charge in [0.1, 0.15) is 0 Å². The number of hydrogen-bond acceptors (Lipinski definition) is 3. The fourth-order valence-electron chi connectivity index (χ4n) is 2.69. The summed E-state index contributed by atoms with van der Waals surface area (Å²) in [5.74, 6) is -0.321. The Morgan fingerprint density at radius 2 is 1.33 bits per heavy atom. The van der Waals surface area contributed by atoms with Crippen LogP contribution in [0.1, 0.15) is 32.7 Å². The summed E-state index contributed by atoms with van der Waals surface area (Å²) < 4.78 is 0. The van der Waals surface area contributed by atoms with Gasteiger partial charge in [-0.15, -0.1) is 0 Å². The molecule has 0 fully saturated rings. The summed E-state index contributed by atoms with van der Waals surface area (Å²) in [4.78, 5) is 25.4. The quantitative estimate of drug-likeness (QED) is 0.939. The number of allylic oxidation sites excluding steroid dienone is 1. The maximum Gasteiger partial charge on any atom is 0.194 e. The van der Waals surface area contributed by atoms with Crippen LogP contribution in [0.5, 0.6) is 0 Å². The van der Waals surface area contributed by atoms with E-state index < -0.39 is 0 Å². The van der Waals surface area contributed by atoms with E-state index in [2.05, 4.69) is 0 Å². The smallest absolute Gasteiger partial charge is 0.194 e. The van der Waals surface area contributed by atoms with Gasteiger partial charge >= 0.3 is 0 Å². The van der Waals surface area contributed by atoms with Gasteiger partial charge in [0.05, 0.1) is 0 Å². The van der Waals surface area contributed by atoms with Crippen LogP contribution in [0.4, 0.5) is 0 Å². The van der Waals surface area contributed by atoms with E-state index in [4.69, 9.17) is 0 Å². The second-order valence-electron chi connectivity index (χ2n) is 4.90. The zero-order chi connectivity index (χ0) is 14.8. The molecule has 3 nitrogen and oxygen atoms in total. The Bertz CT molecular complexity index is 742. The molecule has 0 aliphatic heterocycles. The summed E-state index contributed by atoms with van der Waals surface area (Å²) in [7, 11) is 0. The van der Waals surface area contributed by atoms with E-state index >= 15 is 0 Å². The van der Waals surface area contributed by atoms with E-state index in [1.165, 1.54) is 0 Å². The lowest BCUT2D eigenvalue weighted by atomic mass is 9.80. The number of aliphatic hydroxyl groups excluding tert-OH is 1. The molecule has 0 atom stereocenters. The monoisotopic (exact) mass is 278 g/mol. The number of fused-ring (bicyclic) bond motifs is 1. The lowest BCUT2D eigenvalue weighted by molar-refractivity contribution is 0.0986. The van der Waals surface area contributed by atoms with Crippen LogP contribution in [-0.4, -0.2) is 23.3 Å². The third-order valence-electron chi connectivity index (χ3n) is 3.64. The molecule has 0 spiro atoms. The molecule has 0 heterocycles. The van der Waals surface area contributed by atoms with Crippen molar-refractivity contribution in [2.75, 3.05) is 6.61 Å². The fraction of sp³-hybridized carbons (Fsp3) is 0.111. The van der Waals surface area contributed by atoms with Gasteiger partial charge in [-0.05, 0) is 5.56 Å². The summed E-state index contributed by atoms with van der Waals surface area (Å²) in [5, 5.41) is 9.24. The van der Waals surface area contributed by atoms with Crippen molar-refractivity contribution >= 4 is 17.1 Å². The topological polar surface area (TPSA) is 54.4 Å². The Morgan fingerprint density at radius 3 is 1.95 bits per heavy atom. The average Bonchev–Trinajstić information content (AvgIpc) is 2.54. The SMILES string of the molecule is O=C1C(CCO)=C(c2ccccc2)C(=O)c2ccccc21. The Balaban J connectivity index is 2.25. The second kappa shape index (κ2) is 5.46. The molecule has 1 aliphatic rings. The van der Waals surface area contributed by atoms with Gasteiger partial charge in [-0.2, -0.15) is 0 Å². The van der Waals surface area contributed by atoms with Gasteiger partial charge in [-0.3, -0.25) is 9.59 Å². The lowest BCUT2D eigenvalue weighted by Gasteiger charge is -2.21. The second-order valence-corrected chi connectivity index (χ2v) is 4.90. The largest absolute Gasteiger partial charge is 0.396 e. The highest BCUT2D eigenvalue weighted by Crippen LogP contribution is 2.33. The minimum absolute atomic E-state index is 0.153. The molecule has 3 heteroatoms. The maximum atomic E-state index is 12.8. The fourth-order valence-corrected chi connectivity index (χ4v) is 2.69. The van der Waals surface area contributed by atoms with E-state index in [-0.39, 0.29) is 24.6 Å². The zero-order valence-electron chi connectivity index (χ0n) is 11.4. The van der Waals surface area contributed by atoms with E-state index in [0.717, 1.165) is 0 Å². The highest BCUT2D eigenvalue weighted by Gasteiger charge is 2.31. The summed E-state index contributed by atoms with van der Waals surface area (Å²) in [5.41, 5.74) is 2.38. The first kappa shape index (κ1) is 13.5. The van der Waals surface area contributed by atoms with E-state index in [1.807, 2.05) is 30.3 Å². The number of benzene rings is 2. The molecular formula is C18H14O3. The van der Waals surface area contributed by atoms with E-state index in [0.29, 0.717) is 27.8 Å². The number of Topliss-reactive ketones (excluding diaryl/α,β-unsaturated/α-hetero) is 2. The molecule has 0 aromatic heterocycles. The highest BCUT2D eigenvalue weighted by molar-refractivity contribution is 6.40. The summed E-state index contributed by atoms with van der Waals surface area (Å²) >= 11 is 0. The van der Waals surface area contributed by atoms with Gasteiger partial charge in [0, 0.05) is 35.3 Å². The molecule has 0 saturated carbocycles. The van der Waals surface area contributed by atoms with E-state index in [9.17, 15) is 14.7 Å². The molecule has 0 saturated heterocycles. The number of aliphatic hydroxyl groups is 1. The first-order valence-corrected chi connectivity index (χ1v) is 6.82. The molecule has 2 aromatic carbocycles. The van der Waals surface area contributed by atoms with Crippen molar-refractivity contribution in [3.05, 3.63) is 76.9 Å². The predicted octanol–water partition coefficient (Wildman–Crippen LogP) is 2.90. The van der Waals surface area contributed by atoms with Gasteiger partial charge in [0.15, 0.2) is 11.6 Å². The Labute approximate surface area is 122 Å². The van der Waals surface area contributed by atoms with Crippen molar-refractivity contribution in [1.82, 2.24) is 0 Å². The molecule has 104 valence electrons. The number of carbonyl (C=O) groups is 2. The molecule has 1 N–H and O–H groups in total. The molecule has 0 amide bonds. The Morgan fingerprint density at radius 1 is 0.762 bits per heavy atom. The minimum Gasteiger partial charge on any atom is -0.396 e. The summed E-state index contributed by atoms with van der Waals surface area (Å²) in [6.45, 7) is -0.160. The van der Waals surface area contributed by atoms with Crippen LogP contribution < -0.4 is 0 Å². The van der Waals surface area contributed by atoms with Gasteiger partial charge < -0.3 is 5.11 Å². The first-order valence-electron chi connectivity index (χ1n) is 6.82. The van der Waals surface area contributed by atoms with Crippen LogP contribution in [0.3, 0.4) is 0 Å². The standard InChI is InChI=1S/C18H14O3/c19-11-10-15-16(12-6-2-1-3-7-12)18(21)14-9-5-4-8-13(14)17(15)20/h1-9,19H,10-11H2. The summed E-state index contributed by atoms with van der Waals surface area (Å²) in [6, 6.07) is 16.0. The molecule has 21 heavy (non-hydrogen) atoms. The van der Waals surface area contributed by atoms with Crippen LogP contribution in [0.25, 0.3) is 5.57 Å². The van der Waals surface area contributed by atoms with Gasteiger partial charge in [0.2, 0.25) is 0 Å². The average molecular weight is 278 g/mol. The summed E-state index contributed by atoms with van der Waals surface area (Å²) in [6.07, 6.45) is 0.184. The predicted molar refractivity (Wildman–Crippen MR) is 80.2 cm³/mol. The normalized spacial score (nSPS) is 14.3. The Kier molecular flexibility index (Phi) is 3.50. The van der Waals surface area contributed by atoms with Crippen molar-refractivity contribution in [3.8, 4) is 0 Å². The Hall–Kier alpha value is -2.52. The van der Waals surface area contributed by atoms with Gasteiger partial charge in [-0.25, -0.2) is 0 Å². The van der Waals surface area contributed by atoms with Crippen molar-refractivity contribution in [2.45, 2.75) is 6.42 Å². The van der Waals surface area contributed by atoms with Crippen LogP contribution in [0.15, 0.2) is 60.2 Å². The van der Waals surface area contributed by atoms with Crippen LogP contribution in [-0.2, 0) is 0 Å². The van der Waals surface area contributed by atoms with Gasteiger partial charge in [0.25, 0.3) is 0 Å². The molecule has 2 aromatic rings. The molecule has 3 rings (SSSR count). The van der Waals surface area contributed by atoms with Crippen molar-refractivity contribution < 1.29 is 14.7 Å². The lowest BCUT2D eigenvalue weighted by Crippen LogP contribution is -2.22. The molecule has 1 aliphatic carbocycles. The highest BCUT2D eigenvalue weighted by atomic mass is 16.3. The third kappa shape index (κ3) is 2.22. The maximum absolute atomic E-state index is 12.8. The minimum atomic E-state index is -0.168. The third-order valence-corrected chi connectivity index (χ3v) is 3.64. The van der Waals surface area contributed by atoms with E-state index in [1.54, 1.807) is 24.3 Å². The first-order chi connectivity index (χ1) is 10.2. The van der Waals surface area contributed by atoms with Crippen LogP contribution in [0, 0.1) is 0 Å².